The summed E-state index contributed by atoms with van der Waals surface area (Å²) < 4.78 is 6.13. The van der Waals surface area contributed by atoms with Gasteiger partial charge in [-0.25, -0.2) is 0 Å². The summed E-state index contributed by atoms with van der Waals surface area (Å²) in [5.41, 5.74) is 5.24. The van der Waals surface area contributed by atoms with Gasteiger partial charge in [-0.3, -0.25) is 0 Å². The van der Waals surface area contributed by atoms with Crippen molar-refractivity contribution in [3.8, 4) is 5.75 Å². The summed E-state index contributed by atoms with van der Waals surface area (Å²) >= 11 is 0. The normalized spacial score (nSPS) is 20.4. The van der Waals surface area contributed by atoms with Crippen molar-refractivity contribution in [2.75, 3.05) is 0 Å². The van der Waals surface area contributed by atoms with Crippen molar-refractivity contribution >= 4 is 10.9 Å². The molecular formula is C14H16N2O. The van der Waals surface area contributed by atoms with Gasteiger partial charge in [0.25, 0.3) is 0 Å². The van der Waals surface area contributed by atoms with E-state index < -0.39 is 0 Å². The molecule has 88 valence electrons. The molecule has 0 fully saturated rings. The molecule has 0 amide bonds. The van der Waals surface area contributed by atoms with Gasteiger partial charge >= 0.3 is 0 Å². The molecule has 0 unspecified atom stereocenters. The van der Waals surface area contributed by atoms with Crippen LogP contribution in [0.5, 0.6) is 5.75 Å². The molecule has 2 N–H and O–H groups in total. The lowest BCUT2D eigenvalue weighted by atomic mass is 9.96. The van der Waals surface area contributed by atoms with E-state index in [1.54, 1.807) is 0 Å². The summed E-state index contributed by atoms with van der Waals surface area (Å²) in [5.74, 6) is 1.12. The van der Waals surface area contributed by atoms with E-state index in [0.29, 0.717) is 0 Å². The molecule has 0 saturated heterocycles. The highest BCUT2D eigenvalue weighted by atomic mass is 16.5. The number of ether oxygens (including phenoxy) is 1. The van der Waals surface area contributed by atoms with Gasteiger partial charge in [0.05, 0.1) is 0 Å². The summed E-state index contributed by atoms with van der Waals surface area (Å²) in [7, 11) is 0. The SMILES string of the molecule is CC1(C)Cc2cc3[nH]cc4c3c(c2O1)CNC4. The van der Waals surface area contributed by atoms with E-state index in [-0.39, 0.29) is 5.60 Å². The number of hydrogen-bond acceptors (Lipinski definition) is 2. The highest BCUT2D eigenvalue weighted by Gasteiger charge is 2.34. The van der Waals surface area contributed by atoms with Crippen LogP contribution in [0.25, 0.3) is 10.9 Å². The van der Waals surface area contributed by atoms with Gasteiger partial charge in [0.1, 0.15) is 11.4 Å². The lowest BCUT2D eigenvalue weighted by Gasteiger charge is -2.20. The van der Waals surface area contributed by atoms with Gasteiger partial charge in [0, 0.05) is 47.7 Å². The van der Waals surface area contributed by atoms with Gasteiger partial charge in [-0.1, -0.05) is 0 Å². The Hall–Kier alpha value is -1.48. The van der Waals surface area contributed by atoms with Crippen LogP contribution >= 0.6 is 0 Å². The summed E-state index contributed by atoms with van der Waals surface area (Å²) in [6.07, 6.45) is 3.11. The topological polar surface area (TPSA) is 37.0 Å². The number of aromatic amines is 1. The van der Waals surface area contributed by atoms with E-state index in [4.69, 9.17) is 4.74 Å². The van der Waals surface area contributed by atoms with Crippen LogP contribution in [0.4, 0.5) is 0 Å². The maximum absolute atomic E-state index is 6.13. The molecule has 0 spiro atoms. The second-order valence-corrected chi connectivity index (χ2v) is 5.72. The van der Waals surface area contributed by atoms with Crippen LogP contribution in [0.15, 0.2) is 12.3 Å². The van der Waals surface area contributed by atoms with Gasteiger partial charge in [-0.05, 0) is 25.5 Å². The molecular weight excluding hydrogens is 212 g/mol. The lowest BCUT2D eigenvalue weighted by molar-refractivity contribution is 0.137. The van der Waals surface area contributed by atoms with Gasteiger partial charge in [-0.15, -0.1) is 0 Å². The van der Waals surface area contributed by atoms with E-state index in [1.807, 2.05) is 0 Å². The Bertz CT molecular complexity index is 625. The van der Waals surface area contributed by atoms with Crippen molar-refractivity contribution in [3.05, 3.63) is 29.0 Å². The molecule has 2 aliphatic rings. The third kappa shape index (κ3) is 1.20. The maximum atomic E-state index is 6.13. The van der Waals surface area contributed by atoms with E-state index in [1.165, 1.54) is 27.6 Å². The first kappa shape index (κ1) is 9.54. The second-order valence-electron chi connectivity index (χ2n) is 5.72. The minimum Gasteiger partial charge on any atom is -0.487 e. The van der Waals surface area contributed by atoms with Crippen LogP contribution in [-0.2, 0) is 19.5 Å². The van der Waals surface area contributed by atoms with E-state index in [0.717, 1.165) is 25.3 Å². The molecule has 0 saturated carbocycles. The van der Waals surface area contributed by atoms with Crippen molar-refractivity contribution in [1.29, 1.82) is 0 Å². The van der Waals surface area contributed by atoms with Gasteiger partial charge in [-0.2, -0.15) is 0 Å². The Morgan fingerprint density at radius 1 is 1.24 bits per heavy atom. The fourth-order valence-electron chi connectivity index (χ4n) is 3.16. The standard InChI is InChI=1S/C14H16N2O/c1-14(2)4-8-3-11-12-9(6-16-11)5-15-7-10(12)13(8)17-14/h3,6,15-16H,4-5,7H2,1-2H3. The summed E-state index contributed by atoms with van der Waals surface area (Å²) in [5, 5.41) is 4.82. The summed E-state index contributed by atoms with van der Waals surface area (Å²) in [6, 6.07) is 2.26. The Morgan fingerprint density at radius 2 is 2.12 bits per heavy atom. The van der Waals surface area contributed by atoms with Crippen LogP contribution in [0.1, 0.15) is 30.5 Å². The minimum absolute atomic E-state index is 0.0603. The predicted octanol–water partition coefficient (Wildman–Crippen LogP) is 2.48. The molecule has 17 heavy (non-hydrogen) atoms. The molecule has 1 aromatic carbocycles. The fraction of sp³-hybridized carbons (Fsp3) is 0.429. The minimum atomic E-state index is -0.0603. The molecule has 0 atom stereocenters. The molecule has 0 bridgehead atoms. The summed E-state index contributed by atoms with van der Waals surface area (Å²) in [6.45, 7) is 6.19. The van der Waals surface area contributed by atoms with E-state index in [2.05, 4.69) is 36.4 Å². The zero-order valence-corrected chi connectivity index (χ0v) is 10.2. The lowest BCUT2D eigenvalue weighted by Crippen LogP contribution is -2.25. The highest BCUT2D eigenvalue weighted by Crippen LogP contribution is 2.43. The Morgan fingerprint density at radius 3 is 3.00 bits per heavy atom. The third-order valence-electron chi connectivity index (χ3n) is 3.79. The highest BCUT2D eigenvalue weighted by molar-refractivity contribution is 5.90. The monoisotopic (exact) mass is 228 g/mol. The van der Waals surface area contributed by atoms with Crippen LogP contribution < -0.4 is 10.1 Å². The molecule has 0 aliphatic carbocycles. The first-order valence-electron chi connectivity index (χ1n) is 6.18. The number of benzene rings is 1. The quantitative estimate of drug-likeness (QED) is 0.727. The van der Waals surface area contributed by atoms with Crippen molar-refractivity contribution in [2.45, 2.75) is 39.0 Å². The van der Waals surface area contributed by atoms with Crippen LogP contribution in [0.2, 0.25) is 0 Å². The van der Waals surface area contributed by atoms with Crippen LogP contribution in [0.3, 0.4) is 0 Å². The largest absolute Gasteiger partial charge is 0.487 e. The number of fused-ring (bicyclic) bond motifs is 2. The van der Waals surface area contributed by atoms with Crippen molar-refractivity contribution in [2.24, 2.45) is 0 Å². The zero-order chi connectivity index (χ0) is 11.6. The van der Waals surface area contributed by atoms with Crippen LogP contribution in [0, 0.1) is 0 Å². The Kier molecular flexibility index (Phi) is 1.60. The molecule has 4 rings (SSSR count). The Balaban J connectivity index is 2.06. The number of H-pyrrole nitrogens is 1. The van der Waals surface area contributed by atoms with Gasteiger partial charge < -0.3 is 15.0 Å². The number of nitrogens with one attached hydrogen (secondary N) is 2. The maximum Gasteiger partial charge on any atom is 0.128 e. The van der Waals surface area contributed by atoms with Crippen molar-refractivity contribution in [3.63, 3.8) is 0 Å². The molecule has 0 radical (unpaired) electrons. The van der Waals surface area contributed by atoms with Crippen molar-refractivity contribution in [1.82, 2.24) is 10.3 Å². The average molecular weight is 228 g/mol. The third-order valence-corrected chi connectivity index (χ3v) is 3.79. The van der Waals surface area contributed by atoms with E-state index in [9.17, 15) is 0 Å². The predicted molar refractivity (Wildman–Crippen MR) is 67.3 cm³/mol. The molecule has 2 aromatic rings. The molecule has 3 nitrogen and oxygen atoms in total. The van der Waals surface area contributed by atoms with Gasteiger partial charge in [0.15, 0.2) is 0 Å². The van der Waals surface area contributed by atoms with Crippen LogP contribution in [-0.4, -0.2) is 10.6 Å². The van der Waals surface area contributed by atoms with Gasteiger partial charge in [0.2, 0.25) is 0 Å². The Labute approximate surface area is 100 Å². The zero-order valence-electron chi connectivity index (χ0n) is 10.2. The number of hydrogen-bond donors (Lipinski definition) is 2. The molecule has 1 aromatic heterocycles. The average Bonchev–Trinajstić information content (AvgIpc) is 2.81. The molecule has 3 heterocycles. The molecule has 2 aliphatic heterocycles. The number of aromatic nitrogens is 1. The second kappa shape index (κ2) is 2.85. The number of rotatable bonds is 0. The fourth-order valence-corrected chi connectivity index (χ4v) is 3.16. The summed E-state index contributed by atoms with van der Waals surface area (Å²) in [4.78, 5) is 3.38. The molecule has 3 heteroatoms. The van der Waals surface area contributed by atoms with E-state index >= 15 is 0 Å². The smallest absolute Gasteiger partial charge is 0.128 e. The first-order chi connectivity index (χ1) is 8.14. The van der Waals surface area contributed by atoms with Crippen molar-refractivity contribution < 1.29 is 4.74 Å². The first-order valence-corrected chi connectivity index (χ1v) is 6.18.